The standard InChI is InChI=1S/C24H24ClN7O5/c25-16-4-2-1-3-14(16)11-36-15-7-5-13(6-8-15)9-29-31-24-30-18-21(26)27-12-28-22(18)32(24)23-20(35)19(34)17(10-33)37-23/h1-9,12,17,19-20,23,33-35H,10-11H2,(H,30,31)(H2,26,27,28). The van der Waals surface area contributed by atoms with Gasteiger partial charge in [0, 0.05) is 10.6 Å². The van der Waals surface area contributed by atoms with Gasteiger partial charge in [0.25, 0.3) is 0 Å². The molecule has 2 aromatic carbocycles. The molecule has 13 heteroatoms. The number of fused-ring (bicyclic) bond motifs is 1. The number of nitrogens with one attached hydrogen (secondary N) is 1. The van der Waals surface area contributed by atoms with Crippen molar-refractivity contribution in [3.05, 3.63) is 71.0 Å². The zero-order valence-corrected chi connectivity index (χ0v) is 20.1. The lowest BCUT2D eigenvalue weighted by molar-refractivity contribution is -0.0501. The number of hydrogen-bond donors (Lipinski definition) is 5. The maximum absolute atomic E-state index is 10.6. The quantitative estimate of drug-likeness (QED) is 0.168. The Morgan fingerprint density at radius 3 is 2.65 bits per heavy atom. The van der Waals surface area contributed by atoms with Crippen LogP contribution < -0.4 is 15.9 Å². The third-order valence-corrected chi connectivity index (χ3v) is 6.26. The summed E-state index contributed by atoms with van der Waals surface area (Å²) in [7, 11) is 0. The lowest BCUT2D eigenvalue weighted by Crippen LogP contribution is -2.33. The largest absolute Gasteiger partial charge is 0.489 e. The van der Waals surface area contributed by atoms with Gasteiger partial charge in [0.1, 0.15) is 37.0 Å². The topological polar surface area (TPSA) is 173 Å². The zero-order valence-electron chi connectivity index (χ0n) is 19.3. The first-order valence-electron chi connectivity index (χ1n) is 11.3. The molecule has 0 aliphatic carbocycles. The van der Waals surface area contributed by atoms with E-state index in [1.165, 1.54) is 10.9 Å². The number of nitrogens with two attached hydrogens (primary N) is 1. The molecule has 3 heterocycles. The average molecular weight is 526 g/mol. The maximum atomic E-state index is 10.6. The molecule has 4 aromatic rings. The van der Waals surface area contributed by atoms with Crippen LogP contribution in [0.15, 0.2) is 60.0 Å². The second kappa shape index (κ2) is 10.7. The van der Waals surface area contributed by atoms with Crippen LogP contribution in [0.3, 0.4) is 0 Å². The molecule has 1 aliphatic heterocycles. The SMILES string of the molecule is Nc1ncnc2c1nc(NN=Cc1ccc(OCc3ccccc3Cl)cc1)n2C1OC(CO)C(O)C1O. The van der Waals surface area contributed by atoms with Gasteiger partial charge in [-0.25, -0.2) is 20.4 Å². The number of hydrogen-bond acceptors (Lipinski definition) is 11. The fourth-order valence-corrected chi connectivity index (χ4v) is 4.12. The Hall–Kier alpha value is -3.81. The normalized spacial score (nSPS) is 21.6. The number of anilines is 2. The Balaban J connectivity index is 1.32. The van der Waals surface area contributed by atoms with Crippen LogP contribution in [0.5, 0.6) is 5.75 Å². The average Bonchev–Trinajstić information content (AvgIpc) is 3.41. The fourth-order valence-electron chi connectivity index (χ4n) is 3.93. The van der Waals surface area contributed by atoms with Crippen LogP contribution >= 0.6 is 11.6 Å². The van der Waals surface area contributed by atoms with Gasteiger partial charge in [-0.3, -0.25) is 4.57 Å². The second-order valence-corrected chi connectivity index (χ2v) is 8.69. The molecule has 0 saturated carbocycles. The molecule has 192 valence electrons. The number of imidazole rings is 1. The van der Waals surface area contributed by atoms with Gasteiger partial charge in [-0.1, -0.05) is 29.8 Å². The molecule has 1 aliphatic rings. The Morgan fingerprint density at radius 1 is 1.14 bits per heavy atom. The predicted molar refractivity (Wildman–Crippen MR) is 136 cm³/mol. The van der Waals surface area contributed by atoms with Gasteiger partial charge in [-0.05, 0) is 35.9 Å². The third-order valence-electron chi connectivity index (χ3n) is 5.89. The van der Waals surface area contributed by atoms with Crippen molar-refractivity contribution in [1.29, 1.82) is 0 Å². The highest BCUT2D eigenvalue weighted by atomic mass is 35.5. The molecule has 12 nitrogen and oxygen atoms in total. The minimum Gasteiger partial charge on any atom is -0.489 e. The first kappa shape index (κ1) is 24.9. The molecule has 6 N–H and O–H groups in total. The predicted octanol–water partition coefficient (Wildman–Crippen LogP) is 1.70. The van der Waals surface area contributed by atoms with Crippen molar-refractivity contribution in [1.82, 2.24) is 19.5 Å². The Bertz CT molecular complexity index is 1410. The molecule has 0 amide bonds. The summed E-state index contributed by atoms with van der Waals surface area (Å²) < 4.78 is 12.9. The number of halogens is 1. The number of nitrogen functional groups attached to an aromatic ring is 1. The smallest absolute Gasteiger partial charge is 0.228 e. The molecular weight excluding hydrogens is 502 g/mol. The van der Waals surface area contributed by atoms with Gasteiger partial charge in [-0.15, -0.1) is 0 Å². The van der Waals surface area contributed by atoms with Crippen LogP contribution in [0, 0.1) is 0 Å². The molecule has 0 spiro atoms. The van der Waals surface area contributed by atoms with Gasteiger partial charge < -0.3 is 30.5 Å². The van der Waals surface area contributed by atoms with E-state index < -0.39 is 31.1 Å². The number of aromatic nitrogens is 4. The zero-order chi connectivity index (χ0) is 25.9. The van der Waals surface area contributed by atoms with E-state index in [2.05, 4.69) is 25.5 Å². The van der Waals surface area contributed by atoms with Crippen molar-refractivity contribution < 1.29 is 24.8 Å². The second-order valence-electron chi connectivity index (χ2n) is 8.28. The summed E-state index contributed by atoms with van der Waals surface area (Å²) in [6, 6.07) is 14.8. The molecule has 1 fully saturated rings. The van der Waals surface area contributed by atoms with Crippen molar-refractivity contribution in [3.8, 4) is 5.75 Å². The Labute approximate surface area is 216 Å². The highest BCUT2D eigenvalue weighted by molar-refractivity contribution is 6.31. The van der Waals surface area contributed by atoms with Crippen LogP contribution in [-0.2, 0) is 11.3 Å². The Morgan fingerprint density at radius 2 is 1.92 bits per heavy atom. The van der Waals surface area contributed by atoms with Crippen molar-refractivity contribution in [2.45, 2.75) is 31.1 Å². The highest BCUT2D eigenvalue weighted by Gasteiger charge is 2.45. The Kier molecular flexibility index (Phi) is 7.17. The summed E-state index contributed by atoms with van der Waals surface area (Å²) in [6.45, 7) is -0.130. The summed E-state index contributed by atoms with van der Waals surface area (Å²) in [6.07, 6.45) is -1.92. The third kappa shape index (κ3) is 5.05. The monoisotopic (exact) mass is 525 g/mol. The molecular formula is C24H24ClN7O5. The first-order valence-corrected chi connectivity index (χ1v) is 11.7. The van der Waals surface area contributed by atoms with Crippen LogP contribution in [0.1, 0.15) is 17.4 Å². The van der Waals surface area contributed by atoms with Crippen molar-refractivity contribution in [2.75, 3.05) is 17.8 Å². The fraction of sp³-hybridized carbons (Fsp3) is 0.250. The number of nitrogens with zero attached hydrogens (tertiary/aromatic N) is 5. The number of aliphatic hydroxyl groups is 3. The van der Waals surface area contributed by atoms with Crippen LogP contribution in [0.2, 0.25) is 5.02 Å². The van der Waals surface area contributed by atoms with Gasteiger partial charge in [0.15, 0.2) is 23.2 Å². The summed E-state index contributed by atoms with van der Waals surface area (Å²) in [5.74, 6) is 0.938. The van der Waals surface area contributed by atoms with Crippen molar-refractivity contribution in [3.63, 3.8) is 0 Å². The maximum Gasteiger partial charge on any atom is 0.228 e. The molecule has 1 saturated heterocycles. The van der Waals surface area contributed by atoms with Crippen LogP contribution in [-0.4, -0.2) is 66.0 Å². The number of rotatable bonds is 8. The van der Waals surface area contributed by atoms with Crippen molar-refractivity contribution >= 4 is 40.7 Å². The first-order chi connectivity index (χ1) is 18.0. The van der Waals surface area contributed by atoms with Gasteiger partial charge in [0.2, 0.25) is 5.95 Å². The summed E-state index contributed by atoms with van der Waals surface area (Å²) in [5.41, 5.74) is 10.9. The van der Waals surface area contributed by atoms with E-state index in [1.807, 2.05) is 48.5 Å². The number of benzene rings is 2. The van der Waals surface area contributed by atoms with Crippen LogP contribution in [0.25, 0.3) is 11.2 Å². The van der Waals surface area contributed by atoms with E-state index in [4.69, 9.17) is 26.8 Å². The van der Waals surface area contributed by atoms with Gasteiger partial charge >= 0.3 is 0 Å². The number of aliphatic hydroxyl groups excluding tert-OH is 3. The molecule has 4 unspecified atom stereocenters. The number of hydrazone groups is 1. The van der Waals surface area contributed by atoms with Crippen molar-refractivity contribution in [2.24, 2.45) is 5.10 Å². The van der Waals surface area contributed by atoms with E-state index in [0.29, 0.717) is 17.4 Å². The molecule has 0 radical (unpaired) electrons. The van der Waals surface area contributed by atoms with Gasteiger partial charge in [0.05, 0.1) is 12.8 Å². The van der Waals surface area contributed by atoms with E-state index in [0.717, 1.165) is 11.1 Å². The van der Waals surface area contributed by atoms with E-state index in [1.54, 1.807) is 6.21 Å². The molecule has 5 rings (SSSR count). The minimum atomic E-state index is -1.35. The molecule has 0 bridgehead atoms. The van der Waals surface area contributed by atoms with E-state index in [9.17, 15) is 15.3 Å². The van der Waals surface area contributed by atoms with E-state index >= 15 is 0 Å². The minimum absolute atomic E-state index is 0.120. The lowest BCUT2D eigenvalue weighted by Gasteiger charge is -2.18. The van der Waals surface area contributed by atoms with Gasteiger partial charge in [-0.2, -0.15) is 5.10 Å². The lowest BCUT2D eigenvalue weighted by atomic mass is 10.1. The highest BCUT2D eigenvalue weighted by Crippen LogP contribution is 2.35. The van der Waals surface area contributed by atoms with E-state index in [-0.39, 0.29) is 22.9 Å². The molecule has 4 atom stereocenters. The summed E-state index contributed by atoms with van der Waals surface area (Å²) >= 11 is 6.17. The summed E-state index contributed by atoms with van der Waals surface area (Å²) in [4.78, 5) is 12.5. The molecule has 2 aromatic heterocycles. The number of ether oxygens (including phenoxy) is 2. The summed E-state index contributed by atoms with van der Waals surface area (Å²) in [5, 5.41) is 35.1. The molecule has 37 heavy (non-hydrogen) atoms. The van der Waals surface area contributed by atoms with Crippen LogP contribution in [0.4, 0.5) is 11.8 Å².